The molecule has 0 radical (unpaired) electrons. The normalized spacial score (nSPS) is 10.0. The van der Waals surface area contributed by atoms with Gasteiger partial charge in [-0.15, -0.1) is 0 Å². The van der Waals surface area contributed by atoms with Crippen LogP contribution in [0.5, 0.6) is 0 Å². The van der Waals surface area contributed by atoms with Gasteiger partial charge in [-0.25, -0.2) is 0 Å². The highest BCUT2D eigenvalue weighted by Gasteiger charge is 2.09. The fourth-order valence-corrected chi connectivity index (χ4v) is 1.68. The van der Waals surface area contributed by atoms with Gasteiger partial charge in [0, 0.05) is 23.3 Å². The van der Waals surface area contributed by atoms with Crippen LogP contribution < -0.4 is 10.2 Å². The van der Waals surface area contributed by atoms with Crippen LogP contribution in [0, 0.1) is 10.1 Å². The Kier molecular flexibility index (Phi) is 4.03. The lowest BCUT2D eigenvalue weighted by Gasteiger charge is -2.07. The zero-order valence-corrected chi connectivity index (χ0v) is 10.8. The van der Waals surface area contributed by atoms with E-state index in [9.17, 15) is 29.9 Å². The van der Waals surface area contributed by atoms with Crippen LogP contribution in [0.25, 0.3) is 17.4 Å². The molecule has 0 aliphatic rings. The van der Waals surface area contributed by atoms with Gasteiger partial charge >= 0.3 is 0 Å². The summed E-state index contributed by atoms with van der Waals surface area (Å²) in [6.07, 6.45) is 0.763. The van der Waals surface area contributed by atoms with Crippen molar-refractivity contribution in [3.8, 4) is 11.3 Å². The molecule has 1 aromatic heterocycles. The van der Waals surface area contributed by atoms with Crippen LogP contribution in [0.1, 0.15) is 5.76 Å². The van der Waals surface area contributed by atoms with Gasteiger partial charge in [0.1, 0.15) is 11.5 Å². The third kappa shape index (κ3) is 3.18. The molecule has 1 heterocycles. The molecule has 0 N–H and O–H groups in total. The molecule has 2 aromatic rings. The molecule has 0 saturated carbocycles. The number of nitro groups is 1. The molecule has 8 nitrogen and oxygen atoms in total. The first-order valence-corrected chi connectivity index (χ1v) is 5.87. The second-order valence-corrected chi connectivity index (χ2v) is 4.14. The maximum Gasteiger partial charge on any atom is 0.269 e. The van der Waals surface area contributed by atoms with E-state index < -0.39 is 22.4 Å². The number of hydrogen-bond acceptors (Lipinski definition) is 7. The first-order valence-electron chi connectivity index (χ1n) is 5.87. The number of rotatable bonds is 5. The Hall–Kier alpha value is -3.42. The van der Waals surface area contributed by atoms with E-state index in [1.807, 2.05) is 0 Å². The molecule has 2 rings (SSSR count). The lowest BCUT2D eigenvalue weighted by atomic mass is 10.1. The molecule has 0 bridgehead atoms. The van der Waals surface area contributed by atoms with Crippen molar-refractivity contribution in [1.29, 1.82) is 0 Å². The summed E-state index contributed by atoms with van der Waals surface area (Å²) in [6, 6.07) is 8.27. The van der Waals surface area contributed by atoms with Gasteiger partial charge in [0.15, 0.2) is 0 Å². The van der Waals surface area contributed by atoms with Gasteiger partial charge in [0.25, 0.3) is 5.69 Å². The Balaban J connectivity index is 2.31. The van der Waals surface area contributed by atoms with E-state index in [1.165, 1.54) is 36.4 Å². The highest BCUT2D eigenvalue weighted by Crippen LogP contribution is 2.25. The van der Waals surface area contributed by atoms with E-state index in [-0.39, 0.29) is 17.2 Å². The quantitative estimate of drug-likeness (QED) is 0.244. The highest BCUT2D eigenvalue weighted by molar-refractivity contribution is 6.14. The maximum atomic E-state index is 10.6. The smallest absolute Gasteiger partial charge is 0.269 e. The van der Waals surface area contributed by atoms with Crippen LogP contribution in [-0.2, 0) is 9.59 Å². The fourth-order valence-electron chi connectivity index (χ4n) is 1.68. The van der Waals surface area contributed by atoms with Crippen LogP contribution in [0.15, 0.2) is 46.4 Å². The number of benzene rings is 1. The Morgan fingerprint density at radius 2 is 1.59 bits per heavy atom. The number of nitrogens with zero attached hydrogens (tertiary/aromatic N) is 1. The van der Waals surface area contributed by atoms with E-state index in [0.717, 1.165) is 6.08 Å². The van der Waals surface area contributed by atoms with Crippen LogP contribution in [0.3, 0.4) is 0 Å². The van der Waals surface area contributed by atoms with E-state index >= 15 is 0 Å². The number of carbonyl (C=O) groups is 2. The SMILES string of the molecule is O=C([O-])C(=Cc1ccc(-c2ccc([N+](=O)[O-])cc2)o1)C(=O)[O-]. The topological polar surface area (TPSA) is 137 Å². The standard InChI is InChI=1S/C14H9NO7/c16-13(17)11(14(18)19)7-10-5-6-12(22-10)8-1-3-9(4-2-8)15(20)21/h1-7H,(H,16,17)(H,18,19)/p-2. The summed E-state index contributed by atoms with van der Waals surface area (Å²) in [7, 11) is 0. The van der Waals surface area contributed by atoms with Crippen molar-refractivity contribution in [3.05, 3.63) is 57.8 Å². The minimum absolute atomic E-state index is 0.0308. The average molecular weight is 301 g/mol. The maximum absolute atomic E-state index is 10.6. The summed E-state index contributed by atoms with van der Waals surface area (Å²) in [4.78, 5) is 31.2. The number of hydrogen-bond donors (Lipinski definition) is 0. The Bertz CT molecular complexity index is 755. The Morgan fingerprint density at radius 1 is 1.00 bits per heavy atom. The van der Waals surface area contributed by atoms with Gasteiger partial charge in [-0.3, -0.25) is 10.1 Å². The molecule has 0 saturated heterocycles. The lowest BCUT2D eigenvalue weighted by Crippen LogP contribution is -2.35. The van der Waals surface area contributed by atoms with Crippen molar-refractivity contribution in [1.82, 2.24) is 0 Å². The number of carbonyl (C=O) groups excluding carboxylic acids is 2. The molecule has 112 valence electrons. The van der Waals surface area contributed by atoms with E-state index in [1.54, 1.807) is 0 Å². The van der Waals surface area contributed by atoms with Crippen LogP contribution in [0.2, 0.25) is 0 Å². The van der Waals surface area contributed by atoms with Gasteiger partial charge in [-0.2, -0.15) is 0 Å². The molecule has 1 aromatic carbocycles. The number of carboxylic acids is 2. The van der Waals surface area contributed by atoms with Crippen molar-refractivity contribution in [2.24, 2.45) is 0 Å². The molecular formula is C14H7NO7-2. The second kappa shape index (κ2) is 5.92. The number of nitro benzene ring substituents is 1. The molecule has 0 spiro atoms. The molecule has 0 unspecified atom stereocenters. The predicted octanol–water partition coefficient (Wildman–Crippen LogP) is -0.262. The average Bonchev–Trinajstić information content (AvgIpc) is 2.92. The molecule has 0 amide bonds. The zero-order valence-electron chi connectivity index (χ0n) is 10.8. The third-order valence-electron chi connectivity index (χ3n) is 2.72. The zero-order chi connectivity index (χ0) is 16.3. The first-order chi connectivity index (χ1) is 10.4. The minimum atomic E-state index is -1.90. The first kappa shape index (κ1) is 15.0. The summed E-state index contributed by atoms with van der Waals surface area (Å²) in [5.74, 6) is -3.53. The molecule has 8 heteroatoms. The summed E-state index contributed by atoms with van der Waals surface area (Å²) in [6.45, 7) is 0. The summed E-state index contributed by atoms with van der Waals surface area (Å²) in [5.41, 5.74) is -0.634. The van der Waals surface area contributed by atoms with Crippen molar-refractivity contribution in [2.75, 3.05) is 0 Å². The van der Waals surface area contributed by atoms with Crippen molar-refractivity contribution >= 4 is 23.7 Å². The van der Waals surface area contributed by atoms with Gasteiger partial charge in [0.2, 0.25) is 0 Å². The Labute approximate surface area is 123 Å². The fraction of sp³-hybridized carbons (Fsp3) is 0. The summed E-state index contributed by atoms with van der Waals surface area (Å²) in [5, 5.41) is 31.8. The van der Waals surface area contributed by atoms with Crippen LogP contribution in [0.4, 0.5) is 5.69 Å². The molecule has 0 aliphatic carbocycles. The van der Waals surface area contributed by atoms with Gasteiger partial charge < -0.3 is 24.2 Å². The molecule has 0 fully saturated rings. The number of aliphatic carboxylic acids is 2. The van der Waals surface area contributed by atoms with Crippen molar-refractivity contribution < 1.29 is 29.1 Å². The summed E-state index contributed by atoms with van der Waals surface area (Å²) >= 11 is 0. The van der Waals surface area contributed by atoms with Crippen LogP contribution in [-0.4, -0.2) is 16.9 Å². The lowest BCUT2D eigenvalue weighted by molar-refractivity contribution is -0.384. The van der Waals surface area contributed by atoms with Crippen LogP contribution >= 0.6 is 0 Å². The molecular weight excluding hydrogens is 294 g/mol. The number of furan rings is 1. The van der Waals surface area contributed by atoms with E-state index in [2.05, 4.69) is 0 Å². The van der Waals surface area contributed by atoms with E-state index in [0.29, 0.717) is 5.56 Å². The molecule has 0 aliphatic heterocycles. The van der Waals surface area contributed by atoms with Gasteiger partial charge in [-0.1, -0.05) is 0 Å². The van der Waals surface area contributed by atoms with Gasteiger partial charge in [0.05, 0.1) is 16.9 Å². The monoisotopic (exact) mass is 301 g/mol. The number of non-ortho nitro benzene ring substituents is 1. The van der Waals surface area contributed by atoms with Crippen molar-refractivity contribution in [3.63, 3.8) is 0 Å². The largest absolute Gasteiger partial charge is 0.545 e. The van der Waals surface area contributed by atoms with Crippen molar-refractivity contribution in [2.45, 2.75) is 0 Å². The predicted molar refractivity (Wildman–Crippen MR) is 68.8 cm³/mol. The molecule has 22 heavy (non-hydrogen) atoms. The highest BCUT2D eigenvalue weighted by atomic mass is 16.6. The summed E-state index contributed by atoms with van der Waals surface area (Å²) < 4.78 is 5.27. The minimum Gasteiger partial charge on any atom is -0.545 e. The van der Waals surface area contributed by atoms with E-state index in [4.69, 9.17) is 4.42 Å². The van der Waals surface area contributed by atoms with Gasteiger partial charge in [-0.05, 0) is 30.3 Å². The Morgan fingerprint density at radius 3 is 2.09 bits per heavy atom. The molecule has 0 atom stereocenters. The number of carboxylic acid groups (broad SMARTS) is 2. The third-order valence-corrected chi connectivity index (χ3v) is 2.72. The second-order valence-electron chi connectivity index (χ2n) is 4.14.